The van der Waals surface area contributed by atoms with E-state index in [4.69, 9.17) is 13.6 Å². The number of hydrogen-bond acceptors (Lipinski definition) is 3. The van der Waals surface area contributed by atoms with Gasteiger partial charge in [-0.15, -0.1) is 0 Å². The summed E-state index contributed by atoms with van der Waals surface area (Å²) in [6, 6.07) is 10.2. The van der Waals surface area contributed by atoms with E-state index in [9.17, 15) is 0 Å². The first kappa shape index (κ1) is 31.4. The topological polar surface area (TPSA) is 27.7 Å². The van der Waals surface area contributed by atoms with E-state index in [1.165, 1.54) is 70.6 Å². The first-order valence-electron chi connectivity index (χ1n) is 14.5. The summed E-state index contributed by atoms with van der Waals surface area (Å²) in [5, 5.41) is 0. The van der Waals surface area contributed by atoms with Crippen LogP contribution in [-0.4, -0.2) is 19.4 Å². The van der Waals surface area contributed by atoms with Gasteiger partial charge in [0.2, 0.25) is 0 Å². The zero-order chi connectivity index (χ0) is 24.9. The monoisotopic (exact) mass is 496 g/mol. The van der Waals surface area contributed by atoms with Crippen LogP contribution in [0.15, 0.2) is 30.3 Å². The average Bonchev–Trinajstić information content (AvgIpc) is 2.81. The molecule has 0 spiro atoms. The third-order valence-corrected chi connectivity index (χ3v) is 9.15. The molecule has 0 aliphatic carbocycles. The molecule has 0 fully saturated rings. The molecule has 4 heteroatoms. The molecule has 1 aromatic rings. The molecule has 3 nitrogen and oxygen atoms in total. The first-order valence-corrected chi connectivity index (χ1v) is 16.4. The molecule has 0 aliphatic heterocycles. The maximum atomic E-state index is 6.61. The van der Waals surface area contributed by atoms with Crippen LogP contribution in [0.4, 0.5) is 0 Å². The maximum absolute atomic E-state index is 6.61. The summed E-state index contributed by atoms with van der Waals surface area (Å²) in [4.78, 5) is 0. The van der Waals surface area contributed by atoms with Gasteiger partial charge >= 0.3 is 213 Å². The molecule has 0 amide bonds. The Balaban J connectivity index is 2.71. The second-order valence-corrected chi connectivity index (χ2v) is 13.4. The molecule has 34 heavy (non-hydrogen) atoms. The Labute approximate surface area is 213 Å². The van der Waals surface area contributed by atoms with Crippen molar-refractivity contribution in [3.05, 3.63) is 30.3 Å². The molecule has 0 N–H and O–H groups in total. The Kier molecular flexibility index (Phi) is 19.0. The van der Waals surface area contributed by atoms with Gasteiger partial charge in [-0.1, -0.05) is 0 Å². The van der Waals surface area contributed by atoms with Crippen molar-refractivity contribution in [2.24, 2.45) is 11.8 Å². The van der Waals surface area contributed by atoms with E-state index in [1.54, 1.807) is 0 Å². The van der Waals surface area contributed by atoms with Crippen molar-refractivity contribution in [2.45, 2.75) is 125 Å². The third kappa shape index (κ3) is 16.9. The van der Waals surface area contributed by atoms with Crippen molar-refractivity contribution < 1.29 is 13.6 Å². The summed E-state index contributed by atoms with van der Waals surface area (Å²) < 4.78 is 19.8. The molecular formula is C30H57O3P. The van der Waals surface area contributed by atoms with Gasteiger partial charge < -0.3 is 0 Å². The fourth-order valence-corrected chi connectivity index (χ4v) is 6.88. The summed E-state index contributed by atoms with van der Waals surface area (Å²) >= 11 is 0. The molecule has 0 radical (unpaired) electrons. The first-order chi connectivity index (χ1) is 16.5. The van der Waals surface area contributed by atoms with Gasteiger partial charge in [0.05, 0.1) is 0 Å². The Morgan fingerprint density at radius 2 is 1.12 bits per heavy atom. The van der Waals surface area contributed by atoms with E-state index in [-0.39, 0.29) is 0 Å². The Hall–Kier alpha value is -0.630. The molecule has 0 heterocycles. The van der Waals surface area contributed by atoms with E-state index in [0.717, 1.165) is 56.2 Å². The molecule has 1 aromatic carbocycles. The molecular weight excluding hydrogens is 439 g/mol. The second-order valence-electron chi connectivity index (χ2n) is 10.8. The van der Waals surface area contributed by atoms with E-state index >= 15 is 0 Å². The van der Waals surface area contributed by atoms with Crippen LogP contribution in [-0.2, 0) is 9.05 Å². The SMILES string of the molecule is CCCCCCCCO[PH](CCCCCC(C)C)(OCCCCCC(C)C)Oc1ccccc1. The minimum atomic E-state index is -2.77. The van der Waals surface area contributed by atoms with Crippen molar-refractivity contribution in [1.29, 1.82) is 0 Å². The molecule has 0 bridgehead atoms. The second kappa shape index (κ2) is 20.6. The van der Waals surface area contributed by atoms with Gasteiger partial charge in [0.1, 0.15) is 0 Å². The van der Waals surface area contributed by atoms with Gasteiger partial charge in [0.25, 0.3) is 0 Å². The third-order valence-electron chi connectivity index (χ3n) is 6.35. The minimum absolute atomic E-state index is 0.750. The summed E-state index contributed by atoms with van der Waals surface area (Å²) in [5.41, 5.74) is 0. The normalized spacial score (nSPS) is 12.6. The molecule has 0 aliphatic rings. The van der Waals surface area contributed by atoms with Crippen LogP contribution in [0.1, 0.15) is 125 Å². The predicted octanol–water partition coefficient (Wildman–Crippen LogP) is 10.4. The molecule has 0 atom stereocenters. The summed E-state index contributed by atoms with van der Waals surface area (Å²) in [7, 11) is -2.77. The van der Waals surface area contributed by atoms with E-state index in [2.05, 4.69) is 34.6 Å². The van der Waals surface area contributed by atoms with Crippen LogP contribution >= 0.6 is 7.94 Å². The van der Waals surface area contributed by atoms with Crippen LogP contribution < -0.4 is 4.52 Å². The van der Waals surface area contributed by atoms with Gasteiger partial charge in [-0.2, -0.15) is 0 Å². The summed E-state index contributed by atoms with van der Waals surface area (Å²) in [6.07, 6.45) is 18.3. The quantitative estimate of drug-likeness (QED) is 0.111. The molecule has 200 valence electrons. The van der Waals surface area contributed by atoms with Crippen LogP contribution in [0.2, 0.25) is 0 Å². The van der Waals surface area contributed by atoms with Crippen LogP contribution in [0.5, 0.6) is 5.75 Å². The average molecular weight is 497 g/mol. The Morgan fingerprint density at radius 3 is 1.68 bits per heavy atom. The number of unbranched alkanes of at least 4 members (excludes halogenated alkanes) is 9. The van der Waals surface area contributed by atoms with Gasteiger partial charge in [0.15, 0.2) is 0 Å². The van der Waals surface area contributed by atoms with Crippen molar-refractivity contribution in [3.63, 3.8) is 0 Å². The van der Waals surface area contributed by atoms with Gasteiger partial charge in [0, 0.05) is 0 Å². The summed E-state index contributed by atoms with van der Waals surface area (Å²) in [5.74, 6) is 2.44. The van der Waals surface area contributed by atoms with Crippen LogP contribution in [0.3, 0.4) is 0 Å². The molecule has 0 aromatic heterocycles. The fourth-order valence-electron chi connectivity index (χ4n) is 4.20. The van der Waals surface area contributed by atoms with Gasteiger partial charge in [-0.3, -0.25) is 0 Å². The van der Waals surface area contributed by atoms with Crippen molar-refractivity contribution >= 4 is 7.94 Å². The van der Waals surface area contributed by atoms with Crippen molar-refractivity contribution in [2.75, 3.05) is 19.4 Å². The van der Waals surface area contributed by atoms with Crippen LogP contribution in [0, 0.1) is 11.8 Å². The number of para-hydroxylation sites is 1. The van der Waals surface area contributed by atoms with E-state index < -0.39 is 7.94 Å². The predicted molar refractivity (Wildman–Crippen MR) is 152 cm³/mol. The number of rotatable bonds is 23. The zero-order valence-corrected chi connectivity index (χ0v) is 24.3. The summed E-state index contributed by atoms with van der Waals surface area (Å²) in [6.45, 7) is 13.0. The van der Waals surface area contributed by atoms with E-state index in [0.29, 0.717) is 0 Å². The fraction of sp³-hybridized carbons (Fsp3) is 0.800. The Morgan fingerprint density at radius 1 is 0.618 bits per heavy atom. The number of hydrogen-bond donors (Lipinski definition) is 0. The van der Waals surface area contributed by atoms with Gasteiger partial charge in [-0.25, -0.2) is 0 Å². The van der Waals surface area contributed by atoms with Crippen molar-refractivity contribution in [3.8, 4) is 5.75 Å². The zero-order valence-electron chi connectivity index (χ0n) is 23.3. The van der Waals surface area contributed by atoms with Crippen LogP contribution in [0.25, 0.3) is 0 Å². The molecule has 1 rings (SSSR count). The standard InChI is InChI=1S/C30H57O3P/c1-6-7-8-9-10-18-25-31-34(27-20-13-15-22-29(4)5,33-30-23-16-11-17-24-30)32-26-19-12-14-21-28(2)3/h11,16-17,23-24,28-29,34H,6-10,12-15,18-22,25-27H2,1-5H3. The molecule has 0 unspecified atom stereocenters. The van der Waals surface area contributed by atoms with Gasteiger partial charge in [-0.05, 0) is 0 Å². The molecule has 0 saturated heterocycles. The van der Waals surface area contributed by atoms with Crippen molar-refractivity contribution in [1.82, 2.24) is 0 Å². The number of benzene rings is 1. The Bertz CT molecular complexity index is 563. The molecule has 0 saturated carbocycles. The van der Waals surface area contributed by atoms with E-state index in [1.807, 2.05) is 30.3 Å².